The van der Waals surface area contributed by atoms with Crippen molar-refractivity contribution in [2.45, 2.75) is 13.0 Å². The van der Waals surface area contributed by atoms with Crippen LogP contribution < -0.4 is 20.1 Å². The van der Waals surface area contributed by atoms with Crippen molar-refractivity contribution in [1.29, 1.82) is 0 Å². The van der Waals surface area contributed by atoms with Gasteiger partial charge in [0.1, 0.15) is 11.5 Å². The van der Waals surface area contributed by atoms with Crippen LogP contribution in [0.4, 0.5) is 11.4 Å². The Labute approximate surface area is 155 Å². The SMILES string of the molecule is COc1ccc(C(C)NC(=O)C(=O)Nc2cc([N+](=O)[O-])ccc2OC)cc1. The van der Waals surface area contributed by atoms with Crippen LogP contribution in [-0.2, 0) is 9.59 Å². The van der Waals surface area contributed by atoms with Crippen LogP contribution in [0.1, 0.15) is 18.5 Å². The molecule has 0 spiro atoms. The van der Waals surface area contributed by atoms with E-state index in [2.05, 4.69) is 10.6 Å². The number of non-ortho nitro benzene ring substituents is 1. The van der Waals surface area contributed by atoms with Gasteiger partial charge in [-0.1, -0.05) is 12.1 Å². The lowest BCUT2D eigenvalue weighted by atomic mass is 10.1. The van der Waals surface area contributed by atoms with E-state index in [9.17, 15) is 19.7 Å². The molecule has 0 aliphatic rings. The Morgan fingerprint density at radius 1 is 1.04 bits per heavy atom. The zero-order chi connectivity index (χ0) is 20.0. The quantitative estimate of drug-likeness (QED) is 0.456. The first-order valence-corrected chi connectivity index (χ1v) is 7.94. The van der Waals surface area contributed by atoms with Crippen LogP contribution in [0.2, 0.25) is 0 Å². The molecule has 9 nitrogen and oxygen atoms in total. The molecular formula is C18H19N3O6. The molecule has 0 aromatic heterocycles. The molecule has 2 aromatic carbocycles. The number of hydrogen-bond acceptors (Lipinski definition) is 6. The van der Waals surface area contributed by atoms with Gasteiger partial charge in [-0.25, -0.2) is 0 Å². The van der Waals surface area contributed by atoms with Gasteiger partial charge >= 0.3 is 11.8 Å². The molecule has 0 bridgehead atoms. The van der Waals surface area contributed by atoms with Crippen molar-refractivity contribution in [1.82, 2.24) is 5.32 Å². The summed E-state index contributed by atoms with van der Waals surface area (Å²) in [4.78, 5) is 34.6. The molecule has 2 amide bonds. The highest BCUT2D eigenvalue weighted by Gasteiger charge is 2.20. The van der Waals surface area contributed by atoms with Crippen LogP contribution in [0.15, 0.2) is 42.5 Å². The third-order valence-corrected chi connectivity index (χ3v) is 3.81. The van der Waals surface area contributed by atoms with Crippen LogP contribution in [0, 0.1) is 10.1 Å². The summed E-state index contributed by atoms with van der Waals surface area (Å²) in [5, 5.41) is 15.8. The summed E-state index contributed by atoms with van der Waals surface area (Å²) in [6.07, 6.45) is 0. The van der Waals surface area contributed by atoms with Gasteiger partial charge in [-0.15, -0.1) is 0 Å². The molecule has 0 radical (unpaired) electrons. The number of anilines is 1. The maximum absolute atomic E-state index is 12.2. The van der Waals surface area contributed by atoms with Crippen molar-refractivity contribution in [2.75, 3.05) is 19.5 Å². The Morgan fingerprint density at radius 3 is 2.26 bits per heavy atom. The largest absolute Gasteiger partial charge is 0.497 e. The highest BCUT2D eigenvalue weighted by molar-refractivity contribution is 6.39. The van der Waals surface area contributed by atoms with Crippen LogP contribution in [0.5, 0.6) is 11.5 Å². The van der Waals surface area contributed by atoms with Gasteiger partial charge in [-0.3, -0.25) is 19.7 Å². The van der Waals surface area contributed by atoms with E-state index in [1.165, 1.54) is 19.2 Å². The van der Waals surface area contributed by atoms with Crippen molar-refractivity contribution in [3.05, 3.63) is 58.1 Å². The lowest BCUT2D eigenvalue weighted by molar-refractivity contribution is -0.384. The fraction of sp³-hybridized carbons (Fsp3) is 0.222. The number of methoxy groups -OCH3 is 2. The first kappa shape index (κ1) is 19.7. The van der Waals surface area contributed by atoms with Gasteiger partial charge in [0.05, 0.1) is 30.9 Å². The summed E-state index contributed by atoms with van der Waals surface area (Å²) in [5.41, 5.74) is 0.576. The minimum atomic E-state index is -0.964. The second-order valence-corrected chi connectivity index (χ2v) is 5.56. The summed E-state index contributed by atoms with van der Waals surface area (Å²) in [7, 11) is 2.90. The number of amides is 2. The smallest absolute Gasteiger partial charge is 0.313 e. The monoisotopic (exact) mass is 373 g/mol. The third kappa shape index (κ3) is 4.94. The van der Waals surface area contributed by atoms with Crippen molar-refractivity contribution < 1.29 is 24.0 Å². The van der Waals surface area contributed by atoms with Crippen LogP contribution in [0.3, 0.4) is 0 Å². The van der Waals surface area contributed by atoms with E-state index in [-0.39, 0.29) is 17.1 Å². The van der Waals surface area contributed by atoms with Crippen molar-refractivity contribution in [3.8, 4) is 11.5 Å². The second kappa shape index (κ2) is 8.65. The lowest BCUT2D eigenvalue weighted by Crippen LogP contribution is -2.37. The predicted octanol–water partition coefficient (Wildman–Crippen LogP) is 2.43. The minimum Gasteiger partial charge on any atom is -0.497 e. The summed E-state index contributed by atoms with van der Waals surface area (Å²) in [5.74, 6) is -0.973. The van der Waals surface area contributed by atoms with Crippen LogP contribution >= 0.6 is 0 Å². The first-order valence-electron chi connectivity index (χ1n) is 7.94. The summed E-state index contributed by atoms with van der Waals surface area (Å²) in [6, 6.07) is 10.3. The van der Waals surface area contributed by atoms with Gasteiger partial charge in [-0.05, 0) is 30.7 Å². The zero-order valence-electron chi connectivity index (χ0n) is 15.0. The Bertz CT molecular complexity index is 851. The maximum atomic E-state index is 12.2. The summed E-state index contributed by atoms with van der Waals surface area (Å²) in [6.45, 7) is 1.72. The standard InChI is InChI=1S/C18H19N3O6/c1-11(12-4-7-14(26-2)8-5-12)19-17(22)18(23)20-15-10-13(21(24)25)6-9-16(15)27-3/h4-11H,1-3H3,(H,19,22)(H,20,23). The number of ether oxygens (including phenoxy) is 2. The zero-order valence-corrected chi connectivity index (χ0v) is 15.0. The number of nitro benzene ring substituents is 1. The Kier molecular flexibility index (Phi) is 6.32. The maximum Gasteiger partial charge on any atom is 0.313 e. The summed E-state index contributed by atoms with van der Waals surface area (Å²) < 4.78 is 10.1. The second-order valence-electron chi connectivity index (χ2n) is 5.56. The van der Waals surface area contributed by atoms with Gasteiger partial charge in [0.25, 0.3) is 5.69 Å². The average molecular weight is 373 g/mol. The fourth-order valence-electron chi connectivity index (χ4n) is 2.32. The Balaban J connectivity index is 2.07. The average Bonchev–Trinajstić information content (AvgIpc) is 2.67. The Morgan fingerprint density at radius 2 is 1.70 bits per heavy atom. The van der Waals surface area contributed by atoms with E-state index in [1.54, 1.807) is 38.3 Å². The molecule has 142 valence electrons. The van der Waals surface area contributed by atoms with E-state index >= 15 is 0 Å². The number of carbonyl (C=O) groups is 2. The van der Waals surface area contributed by atoms with Gasteiger partial charge in [0.2, 0.25) is 0 Å². The molecule has 0 heterocycles. The highest BCUT2D eigenvalue weighted by Crippen LogP contribution is 2.28. The van der Waals surface area contributed by atoms with Gasteiger partial charge < -0.3 is 20.1 Å². The van der Waals surface area contributed by atoms with Crippen LogP contribution in [-0.4, -0.2) is 31.0 Å². The molecule has 2 aromatic rings. The number of hydrogen-bond donors (Lipinski definition) is 2. The normalized spacial score (nSPS) is 11.2. The molecule has 27 heavy (non-hydrogen) atoms. The molecule has 0 saturated heterocycles. The first-order chi connectivity index (χ1) is 12.8. The van der Waals surface area contributed by atoms with E-state index in [0.29, 0.717) is 5.75 Å². The van der Waals surface area contributed by atoms with Crippen LogP contribution in [0.25, 0.3) is 0 Å². The molecule has 1 unspecified atom stereocenters. The highest BCUT2D eigenvalue weighted by atomic mass is 16.6. The molecule has 0 fully saturated rings. The van der Waals surface area contributed by atoms with Gasteiger partial charge in [0.15, 0.2) is 0 Å². The van der Waals surface area contributed by atoms with E-state index in [4.69, 9.17) is 9.47 Å². The molecule has 1 atom stereocenters. The number of nitrogens with one attached hydrogen (secondary N) is 2. The van der Waals surface area contributed by atoms with E-state index in [0.717, 1.165) is 11.6 Å². The molecule has 0 aliphatic heterocycles. The molecule has 2 rings (SSSR count). The molecule has 9 heteroatoms. The van der Waals surface area contributed by atoms with Crippen molar-refractivity contribution >= 4 is 23.2 Å². The molecular weight excluding hydrogens is 354 g/mol. The number of carbonyl (C=O) groups excluding carboxylic acids is 2. The molecule has 0 saturated carbocycles. The summed E-state index contributed by atoms with van der Waals surface area (Å²) >= 11 is 0. The lowest BCUT2D eigenvalue weighted by Gasteiger charge is -2.15. The third-order valence-electron chi connectivity index (χ3n) is 3.81. The van der Waals surface area contributed by atoms with Crippen molar-refractivity contribution in [3.63, 3.8) is 0 Å². The molecule has 2 N–H and O–H groups in total. The molecule has 0 aliphatic carbocycles. The predicted molar refractivity (Wildman–Crippen MR) is 97.8 cm³/mol. The number of benzene rings is 2. The van der Waals surface area contributed by atoms with Crippen molar-refractivity contribution in [2.24, 2.45) is 0 Å². The van der Waals surface area contributed by atoms with E-state index < -0.39 is 22.8 Å². The topological polar surface area (TPSA) is 120 Å². The number of rotatable bonds is 6. The minimum absolute atomic E-state index is 0.0314. The van der Waals surface area contributed by atoms with Gasteiger partial charge in [-0.2, -0.15) is 0 Å². The number of nitro groups is 1. The van der Waals surface area contributed by atoms with Gasteiger partial charge in [0, 0.05) is 12.1 Å². The Hall–Kier alpha value is -3.62. The van der Waals surface area contributed by atoms with E-state index in [1.807, 2.05) is 0 Å². The fourth-order valence-corrected chi connectivity index (χ4v) is 2.32. The number of nitrogens with zero attached hydrogens (tertiary/aromatic N) is 1.